The molecule has 37 heavy (non-hydrogen) atoms. The normalized spacial score (nSPS) is 18.7. The minimum atomic E-state index is -0.657. The van der Waals surface area contributed by atoms with Crippen molar-refractivity contribution in [2.75, 3.05) is 29.4 Å². The Balaban J connectivity index is 1.26. The molecular weight excluding hydrogens is 469 g/mol. The van der Waals surface area contributed by atoms with Gasteiger partial charge in [0.15, 0.2) is 5.82 Å². The molecule has 0 unspecified atom stereocenters. The molecule has 0 spiro atoms. The van der Waals surface area contributed by atoms with Crippen LogP contribution < -0.4 is 14.5 Å². The molecule has 2 saturated heterocycles. The molecule has 3 aromatic rings. The topological polar surface area (TPSA) is 53.1 Å². The Bertz CT molecular complexity index is 1320. The first-order chi connectivity index (χ1) is 18.1. The highest BCUT2D eigenvalue weighted by Crippen LogP contribution is 2.42. The van der Waals surface area contributed by atoms with Crippen molar-refractivity contribution in [3.63, 3.8) is 0 Å². The zero-order chi connectivity index (χ0) is 25.4. The Hall–Kier alpha value is -3.87. The molecule has 6 nitrogen and oxygen atoms in total. The fourth-order valence-corrected chi connectivity index (χ4v) is 5.73. The molecule has 7 heteroatoms. The molecule has 3 aromatic carbocycles. The summed E-state index contributed by atoms with van der Waals surface area (Å²) in [6.07, 6.45) is 3.93. The van der Waals surface area contributed by atoms with Gasteiger partial charge in [-0.1, -0.05) is 36.4 Å². The average Bonchev–Trinajstić information content (AvgIpc) is 3.60. The van der Waals surface area contributed by atoms with Crippen LogP contribution in [0.2, 0.25) is 0 Å². The van der Waals surface area contributed by atoms with Gasteiger partial charge in [0.1, 0.15) is 24.1 Å². The van der Waals surface area contributed by atoms with Gasteiger partial charge in [0.25, 0.3) is 5.91 Å². The Labute approximate surface area is 216 Å². The van der Waals surface area contributed by atoms with Crippen LogP contribution in [0.15, 0.2) is 66.7 Å². The molecule has 0 aliphatic carbocycles. The number of anilines is 3. The number of fused-ring (bicyclic) bond motifs is 2. The Morgan fingerprint density at radius 1 is 0.892 bits per heavy atom. The summed E-state index contributed by atoms with van der Waals surface area (Å²) in [5, 5.41) is 0. The molecule has 0 N–H and O–H groups in total. The lowest BCUT2D eigenvalue weighted by molar-refractivity contribution is -0.136. The molecule has 6 rings (SSSR count). The number of halogens is 1. The summed E-state index contributed by atoms with van der Waals surface area (Å²) >= 11 is 0. The second-order valence-electron chi connectivity index (χ2n) is 9.96. The third-order valence-corrected chi connectivity index (χ3v) is 7.63. The van der Waals surface area contributed by atoms with Crippen LogP contribution in [-0.4, -0.2) is 42.4 Å². The minimum absolute atomic E-state index is 0.0853. The summed E-state index contributed by atoms with van der Waals surface area (Å²) in [6.45, 7) is 2.89. The number of hydrogen-bond donors (Lipinski definition) is 0. The number of nitrogens with zero attached hydrogens (tertiary/aromatic N) is 3. The first-order valence-corrected chi connectivity index (χ1v) is 13.1. The van der Waals surface area contributed by atoms with Crippen LogP contribution in [0.25, 0.3) is 0 Å². The van der Waals surface area contributed by atoms with Crippen LogP contribution in [0.1, 0.15) is 36.8 Å². The predicted octanol–water partition coefficient (Wildman–Crippen LogP) is 5.22. The summed E-state index contributed by atoms with van der Waals surface area (Å²) in [7, 11) is 0. The van der Waals surface area contributed by atoms with Gasteiger partial charge in [-0.15, -0.1) is 0 Å². The molecule has 3 aliphatic heterocycles. The fourth-order valence-electron chi connectivity index (χ4n) is 5.73. The monoisotopic (exact) mass is 499 g/mol. The number of ether oxygens (including phenoxy) is 1. The molecule has 190 valence electrons. The number of amides is 2. The number of likely N-dealkylation sites (tertiary alicyclic amines) is 1. The van der Waals surface area contributed by atoms with E-state index in [0.29, 0.717) is 24.4 Å². The second kappa shape index (κ2) is 9.88. The van der Waals surface area contributed by atoms with Gasteiger partial charge >= 0.3 is 0 Å². The molecule has 0 bridgehead atoms. The van der Waals surface area contributed by atoms with Crippen molar-refractivity contribution < 1.29 is 18.7 Å². The molecule has 3 heterocycles. The van der Waals surface area contributed by atoms with Crippen LogP contribution >= 0.6 is 0 Å². The van der Waals surface area contributed by atoms with Gasteiger partial charge in [-0.05, 0) is 61.6 Å². The number of hydrogen-bond acceptors (Lipinski definition) is 4. The van der Waals surface area contributed by atoms with Gasteiger partial charge in [0.2, 0.25) is 5.91 Å². The molecule has 2 fully saturated rings. The standard InChI is InChI=1S/C30H30FN3O3/c31-24-8-5-11-27-29(24)34(25-9-2-1-7-22(25)20-37-27)30(36)26-10-6-18-33(26)28(35)19-21-12-14-23(15-13-21)32-16-3-4-17-32/h1-2,5,7-9,11-15,26H,3-4,6,10,16-20H2/t26-/m1/s1. The van der Waals surface area contributed by atoms with Crippen molar-refractivity contribution >= 4 is 28.9 Å². The van der Waals surface area contributed by atoms with Crippen molar-refractivity contribution in [2.45, 2.75) is 44.8 Å². The number of rotatable bonds is 4. The minimum Gasteiger partial charge on any atom is -0.487 e. The zero-order valence-electron chi connectivity index (χ0n) is 20.7. The van der Waals surface area contributed by atoms with Crippen LogP contribution in [0.5, 0.6) is 5.75 Å². The Morgan fingerprint density at radius 3 is 2.49 bits per heavy atom. The molecular formula is C30H30FN3O3. The fraction of sp³-hybridized carbons (Fsp3) is 0.333. The van der Waals surface area contributed by atoms with Crippen LogP contribution in [0.3, 0.4) is 0 Å². The smallest absolute Gasteiger partial charge is 0.254 e. The van der Waals surface area contributed by atoms with Crippen LogP contribution in [0.4, 0.5) is 21.5 Å². The van der Waals surface area contributed by atoms with Crippen molar-refractivity contribution in [2.24, 2.45) is 0 Å². The second-order valence-corrected chi connectivity index (χ2v) is 9.96. The van der Waals surface area contributed by atoms with Gasteiger partial charge in [-0.2, -0.15) is 0 Å². The average molecular weight is 500 g/mol. The summed E-state index contributed by atoms with van der Waals surface area (Å²) in [4.78, 5) is 33.0. The molecule has 0 aromatic heterocycles. The van der Waals surface area contributed by atoms with Crippen LogP contribution in [0, 0.1) is 5.82 Å². The van der Waals surface area contributed by atoms with Gasteiger partial charge in [0.05, 0.1) is 12.1 Å². The maximum atomic E-state index is 15.2. The van der Waals surface area contributed by atoms with E-state index in [2.05, 4.69) is 17.0 Å². The highest BCUT2D eigenvalue weighted by atomic mass is 19.1. The van der Waals surface area contributed by atoms with Gasteiger partial charge in [-0.25, -0.2) is 4.39 Å². The predicted molar refractivity (Wildman–Crippen MR) is 141 cm³/mol. The lowest BCUT2D eigenvalue weighted by Gasteiger charge is -2.31. The first-order valence-electron chi connectivity index (χ1n) is 13.1. The van der Waals surface area contributed by atoms with E-state index in [0.717, 1.165) is 30.6 Å². The SMILES string of the molecule is O=C([C@H]1CCCN1C(=O)Cc1ccc(N2CCCC2)cc1)N1c2ccccc2COc2cccc(F)c21. The van der Waals surface area contributed by atoms with Gasteiger partial charge in [0, 0.05) is 30.9 Å². The van der Waals surface area contributed by atoms with Crippen molar-refractivity contribution in [1.82, 2.24) is 4.90 Å². The summed E-state index contributed by atoms with van der Waals surface area (Å²) in [5.41, 5.74) is 3.60. The first kappa shape index (κ1) is 23.5. The lowest BCUT2D eigenvalue weighted by atomic mass is 10.1. The van der Waals surface area contributed by atoms with Crippen molar-refractivity contribution in [3.05, 3.63) is 83.7 Å². The van der Waals surface area contributed by atoms with Crippen molar-refractivity contribution in [3.8, 4) is 5.75 Å². The van der Waals surface area contributed by atoms with E-state index < -0.39 is 11.9 Å². The highest BCUT2D eigenvalue weighted by molar-refractivity contribution is 6.07. The Morgan fingerprint density at radius 2 is 1.68 bits per heavy atom. The van der Waals surface area contributed by atoms with Gasteiger partial charge in [-0.3, -0.25) is 14.5 Å². The lowest BCUT2D eigenvalue weighted by Crippen LogP contribution is -2.47. The van der Waals surface area contributed by atoms with E-state index in [-0.39, 0.29) is 30.5 Å². The maximum absolute atomic E-state index is 15.2. The Kier molecular flexibility index (Phi) is 6.28. The summed E-state index contributed by atoms with van der Waals surface area (Å²) in [6, 6.07) is 19.5. The van der Waals surface area contributed by atoms with E-state index in [1.54, 1.807) is 23.1 Å². The quantitative estimate of drug-likeness (QED) is 0.494. The van der Waals surface area contributed by atoms with E-state index in [1.807, 2.05) is 30.3 Å². The number of para-hydroxylation sites is 2. The third-order valence-electron chi connectivity index (χ3n) is 7.63. The van der Waals surface area contributed by atoms with E-state index in [9.17, 15) is 9.59 Å². The number of carbonyl (C=O) groups is 2. The maximum Gasteiger partial charge on any atom is 0.254 e. The van der Waals surface area contributed by atoms with E-state index >= 15 is 4.39 Å². The number of benzene rings is 3. The summed E-state index contributed by atoms with van der Waals surface area (Å²) in [5.74, 6) is -0.604. The van der Waals surface area contributed by atoms with E-state index in [4.69, 9.17) is 4.74 Å². The zero-order valence-corrected chi connectivity index (χ0v) is 20.7. The molecule has 1 atom stereocenters. The third kappa shape index (κ3) is 4.43. The highest BCUT2D eigenvalue weighted by Gasteiger charge is 2.40. The number of carbonyl (C=O) groups excluding carboxylic acids is 2. The largest absolute Gasteiger partial charge is 0.487 e. The molecule has 0 radical (unpaired) electrons. The van der Waals surface area contributed by atoms with Crippen molar-refractivity contribution in [1.29, 1.82) is 0 Å². The molecule has 0 saturated carbocycles. The molecule has 2 amide bonds. The van der Waals surface area contributed by atoms with Gasteiger partial charge < -0.3 is 14.5 Å². The molecule has 3 aliphatic rings. The summed E-state index contributed by atoms with van der Waals surface area (Å²) < 4.78 is 21.1. The van der Waals surface area contributed by atoms with Crippen LogP contribution in [-0.2, 0) is 22.6 Å². The van der Waals surface area contributed by atoms with E-state index in [1.165, 1.54) is 29.5 Å².